The fraction of sp³-hybridized carbons (Fsp3) is 0.458. The second-order valence-electron chi connectivity index (χ2n) is 8.88. The van der Waals surface area contributed by atoms with Gasteiger partial charge in [-0.1, -0.05) is 36.4 Å². The van der Waals surface area contributed by atoms with Crippen molar-refractivity contribution in [1.29, 1.82) is 0 Å². The Morgan fingerprint density at radius 1 is 1.16 bits per heavy atom. The van der Waals surface area contributed by atoms with Crippen molar-refractivity contribution in [3.05, 3.63) is 47.6 Å². The van der Waals surface area contributed by atoms with E-state index in [-0.39, 0.29) is 0 Å². The molecule has 4 heterocycles. The number of piperidine rings is 1. The van der Waals surface area contributed by atoms with Crippen molar-refractivity contribution in [2.45, 2.75) is 49.6 Å². The molecule has 0 saturated carbocycles. The van der Waals surface area contributed by atoms with E-state index in [1.165, 1.54) is 11.8 Å². The number of aromatic nitrogens is 3. The highest BCUT2D eigenvalue weighted by Crippen LogP contribution is 2.46. The van der Waals surface area contributed by atoms with E-state index in [4.69, 9.17) is 25.7 Å². The monoisotopic (exact) mass is 470 g/mol. The van der Waals surface area contributed by atoms with E-state index in [2.05, 4.69) is 28.7 Å². The number of nitrogens with zero attached hydrogens (tertiary/aromatic N) is 4. The molecule has 0 unspecified atom stereocenters. The van der Waals surface area contributed by atoms with Crippen LogP contribution in [0.2, 0.25) is 5.02 Å². The summed E-state index contributed by atoms with van der Waals surface area (Å²) >= 11 is 8.14. The van der Waals surface area contributed by atoms with Crippen LogP contribution >= 0.6 is 23.4 Å². The standard InChI is InChI=1S/C24H27ClN4O2S/c1-15-13-30-23(28-15)18-5-4-6-19(22(18)25)32-21-12-26-20(11-27-21)29-9-7-24(8-10-29)14-31-17(3)16(24)2/h4-6,11-13,16-17H,7-10,14H2,1-3H3/t16-,17+/m1/s1. The third-order valence-corrected chi connectivity index (χ3v) is 8.53. The second-order valence-corrected chi connectivity index (χ2v) is 10.3. The summed E-state index contributed by atoms with van der Waals surface area (Å²) in [4.78, 5) is 17.0. The quantitative estimate of drug-likeness (QED) is 0.471. The van der Waals surface area contributed by atoms with Gasteiger partial charge in [0.05, 0.1) is 41.4 Å². The molecule has 0 radical (unpaired) electrons. The van der Waals surface area contributed by atoms with Gasteiger partial charge in [-0.3, -0.25) is 0 Å². The van der Waals surface area contributed by atoms with Crippen LogP contribution in [0.25, 0.3) is 11.5 Å². The molecule has 0 amide bonds. The van der Waals surface area contributed by atoms with Crippen molar-refractivity contribution < 1.29 is 9.15 Å². The predicted octanol–water partition coefficient (Wildman–Crippen LogP) is 5.89. The van der Waals surface area contributed by atoms with Gasteiger partial charge in [0.15, 0.2) is 0 Å². The molecule has 2 aromatic heterocycles. The summed E-state index contributed by atoms with van der Waals surface area (Å²) in [6.45, 7) is 9.29. The van der Waals surface area contributed by atoms with E-state index in [1.807, 2.05) is 37.5 Å². The number of ether oxygens (including phenoxy) is 1. The van der Waals surface area contributed by atoms with Gasteiger partial charge in [0.25, 0.3) is 0 Å². The molecule has 2 aliphatic heterocycles. The predicted molar refractivity (Wildman–Crippen MR) is 126 cm³/mol. The first kappa shape index (κ1) is 21.7. The molecule has 8 heteroatoms. The van der Waals surface area contributed by atoms with Crippen molar-refractivity contribution in [3.8, 4) is 11.5 Å². The molecular formula is C24H27ClN4O2S. The summed E-state index contributed by atoms with van der Waals surface area (Å²) in [6.07, 6.45) is 7.95. The molecule has 0 bridgehead atoms. The summed E-state index contributed by atoms with van der Waals surface area (Å²) < 4.78 is 11.5. The van der Waals surface area contributed by atoms with Crippen LogP contribution in [0.1, 0.15) is 32.4 Å². The van der Waals surface area contributed by atoms with Crippen LogP contribution in [0.15, 0.2) is 51.2 Å². The van der Waals surface area contributed by atoms with E-state index in [0.29, 0.717) is 28.4 Å². The number of benzene rings is 1. The first-order valence-electron chi connectivity index (χ1n) is 11.0. The minimum atomic E-state index is 0.322. The van der Waals surface area contributed by atoms with Gasteiger partial charge in [-0.25, -0.2) is 15.0 Å². The summed E-state index contributed by atoms with van der Waals surface area (Å²) in [7, 11) is 0. The fourth-order valence-corrected chi connectivity index (χ4v) is 5.83. The van der Waals surface area contributed by atoms with E-state index in [9.17, 15) is 0 Å². The molecular weight excluding hydrogens is 444 g/mol. The Morgan fingerprint density at radius 2 is 1.97 bits per heavy atom. The van der Waals surface area contributed by atoms with Gasteiger partial charge in [0, 0.05) is 23.4 Å². The maximum absolute atomic E-state index is 6.65. The zero-order valence-corrected chi connectivity index (χ0v) is 20.1. The Bertz CT molecular complexity index is 1100. The number of halogens is 1. The fourth-order valence-electron chi connectivity index (χ4n) is 4.72. The Kier molecular flexibility index (Phi) is 5.90. The van der Waals surface area contributed by atoms with Gasteiger partial charge >= 0.3 is 0 Å². The first-order chi connectivity index (χ1) is 15.4. The molecule has 1 spiro atoms. The largest absolute Gasteiger partial charge is 0.444 e. The van der Waals surface area contributed by atoms with Crippen LogP contribution in [0, 0.1) is 18.3 Å². The topological polar surface area (TPSA) is 64.3 Å². The Balaban J connectivity index is 1.26. The summed E-state index contributed by atoms with van der Waals surface area (Å²) in [5, 5.41) is 1.41. The van der Waals surface area contributed by atoms with Crippen molar-refractivity contribution in [2.24, 2.45) is 11.3 Å². The smallest absolute Gasteiger partial charge is 0.227 e. The molecule has 1 aromatic carbocycles. The lowest BCUT2D eigenvalue weighted by Gasteiger charge is -2.41. The van der Waals surface area contributed by atoms with Gasteiger partial charge in [0.1, 0.15) is 17.1 Å². The van der Waals surface area contributed by atoms with Crippen LogP contribution in [0.4, 0.5) is 5.82 Å². The van der Waals surface area contributed by atoms with Crippen LogP contribution in [0.3, 0.4) is 0 Å². The molecule has 32 heavy (non-hydrogen) atoms. The Labute approximate surface area is 197 Å². The van der Waals surface area contributed by atoms with E-state index >= 15 is 0 Å². The Morgan fingerprint density at radius 3 is 2.59 bits per heavy atom. The summed E-state index contributed by atoms with van der Waals surface area (Å²) in [5.74, 6) is 2.06. The average Bonchev–Trinajstić information content (AvgIpc) is 3.35. The first-order valence-corrected chi connectivity index (χ1v) is 12.2. The van der Waals surface area contributed by atoms with Crippen LogP contribution in [-0.4, -0.2) is 40.8 Å². The molecule has 2 saturated heterocycles. The van der Waals surface area contributed by atoms with E-state index in [1.54, 1.807) is 6.26 Å². The highest BCUT2D eigenvalue weighted by molar-refractivity contribution is 7.99. The molecule has 2 atom stereocenters. The summed E-state index contributed by atoms with van der Waals surface area (Å²) in [6, 6.07) is 5.83. The normalized spacial score (nSPS) is 22.6. The lowest BCUT2D eigenvalue weighted by atomic mass is 9.70. The second kappa shape index (κ2) is 8.69. The highest BCUT2D eigenvalue weighted by atomic mass is 35.5. The van der Waals surface area contributed by atoms with Gasteiger partial charge < -0.3 is 14.1 Å². The van der Waals surface area contributed by atoms with Gasteiger partial charge in [0.2, 0.25) is 5.89 Å². The van der Waals surface area contributed by atoms with Gasteiger partial charge in [-0.2, -0.15) is 0 Å². The average molecular weight is 471 g/mol. The minimum absolute atomic E-state index is 0.322. The molecule has 168 valence electrons. The van der Waals surface area contributed by atoms with E-state index in [0.717, 1.165) is 59.5 Å². The third kappa shape index (κ3) is 4.02. The number of hydrogen-bond donors (Lipinski definition) is 0. The molecule has 2 aliphatic rings. The highest BCUT2D eigenvalue weighted by Gasteiger charge is 2.46. The minimum Gasteiger partial charge on any atom is -0.444 e. The maximum atomic E-state index is 6.65. The number of hydrogen-bond acceptors (Lipinski definition) is 7. The molecule has 2 fully saturated rings. The van der Waals surface area contributed by atoms with Crippen LogP contribution in [-0.2, 0) is 4.74 Å². The number of aryl methyl sites for hydroxylation is 1. The zero-order valence-electron chi connectivity index (χ0n) is 18.5. The maximum Gasteiger partial charge on any atom is 0.227 e. The molecule has 6 nitrogen and oxygen atoms in total. The SMILES string of the molecule is Cc1coc(-c2cccc(Sc3cnc(N4CCC5(CC4)CO[C@@H](C)[C@H]5C)cn3)c2Cl)n1. The summed E-state index contributed by atoms with van der Waals surface area (Å²) in [5.41, 5.74) is 1.92. The Hall–Kier alpha value is -2.09. The number of oxazole rings is 1. The molecule has 3 aromatic rings. The van der Waals surface area contributed by atoms with Crippen molar-refractivity contribution in [2.75, 3.05) is 24.6 Å². The van der Waals surface area contributed by atoms with Crippen molar-refractivity contribution in [1.82, 2.24) is 15.0 Å². The number of anilines is 1. The third-order valence-electron chi connectivity index (χ3n) is 7.03. The van der Waals surface area contributed by atoms with Crippen LogP contribution in [0.5, 0.6) is 0 Å². The van der Waals surface area contributed by atoms with Gasteiger partial charge in [-0.05, 0) is 44.7 Å². The van der Waals surface area contributed by atoms with Crippen molar-refractivity contribution >= 4 is 29.2 Å². The van der Waals surface area contributed by atoms with Crippen molar-refractivity contribution in [3.63, 3.8) is 0 Å². The molecule has 0 N–H and O–H groups in total. The van der Waals surface area contributed by atoms with Gasteiger partial charge in [-0.15, -0.1) is 0 Å². The number of rotatable bonds is 4. The lowest BCUT2D eigenvalue weighted by molar-refractivity contribution is 0.0969. The van der Waals surface area contributed by atoms with Crippen LogP contribution < -0.4 is 4.90 Å². The zero-order chi connectivity index (χ0) is 22.3. The van der Waals surface area contributed by atoms with E-state index < -0.39 is 0 Å². The lowest BCUT2D eigenvalue weighted by Crippen LogP contribution is -2.44. The molecule has 0 aliphatic carbocycles. The molecule has 5 rings (SSSR count).